The van der Waals surface area contributed by atoms with E-state index in [-0.39, 0.29) is 6.42 Å². The van der Waals surface area contributed by atoms with Gasteiger partial charge in [-0.15, -0.1) is 5.06 Å². The number of hydrogen-bond donors (Lipinski definition) is 0. The third-order valence-corrected chi connectivity index (χ3v) is 7.49. The van der Waals surface area contributed by atoms with Crippen molar-refractivity contribution in [3.63, 3.8) is 0 Å². The van der Waals surface area contributed by atoms with E-state index in [1.165, 1.54) is 5.39 Å². The summed E-state index contributed by atoms with van der Waals surface area (Å²) >= 11 is 0. The Morgan fingerprint density at radius 3 is 2.66 bits per heavy atom. The minimum atomic E-state index is -1.22. The molecule has 3 aliphatic rings. The van der Waals surface area contributed by atoms with Gasteiger partial charge in [0.2, 0.25) is 0 Å². The number of carbonyl (C=O) groups is 3. The summed E-state index contributed by atoms with van der Waals surface area (Å²) in [5, 5.41) is 2.03. The van der Waals surface area contributed by atoms with Crippen molar-refractivity contribution in [2.45, 2.75) is 38.2 Å². The molecule has 0 saturated carbocycles. The number of fused-ring (bicyclic) bond motifs is 5. The molecule has 1 unspecified atom stereocenters. The molecule has 6 rings (SSSR count). The van der Waals surface area contributed by atoms with E-state index in [0.29, 0.717) is 24.0 Å². The van der Waals surface area contributed by atoms with Crippen molar-refractivity contribution in [3.8, 4) is 5.75 Å². The Kier molecular flexibility index (Phi) is 6.68. The average Bonchev–Trinajstić information content (AvgIpc) is 2.99. The summed E-state index contributed by atoms with van der Waals surface area (Å²) in [6.07, 6.45) is 3.22. The van der Waals surface area contributed by atoms with E-state index >= 15 is 0 Å². The zero-order valence-corrected chi connectivity index (χ0v) is 21.0. The maximum absolute atomic E-state index is 12.7. The number of aromatic nitrogens is 1. The highest BCUT2D eigenvalue weighted by Crippen LogP contribution is 2.39. The molecule has 9 heteroatoms. The zero-order chi connectivity index (χ0) is 26.1. The minimum absolute atomic E-state index is 0.175. The van der Waals surface area contributed by atoms with Crippen molar-refractivity contribution in [3.05, 3.63) is 65.9 Å². The van der Waals surface area contributed by atoms with Crippen LogP contribution in [0.2, 0.25) is 0 Å². The van der Waals surface area contributed by atoms with Gasteiger partial charge in [0, 0.05) is 24.0 Å². The van der Waals surface area contributed by atoms with E-state index < -0.39 is 23.9 Å². The highest BCUT2D eigenvalue weighted by Gasteiger charge is 2.45. The fraction of sp³-hybridized carbons (Fsp3) is 0.379. The second-order valence-corrected chi connectivity index (χ2v) is 10.1. The summed E-state index contributed by atoms with van der Waals surface area (Å²) in [5.41, 5.74) is 3.31. The molecule has 1 atom stereocenters. The highest BCUT2D eigenvalue weighted by molar-refractivity contribution is 6.31. The summed E-state index contributed by atoms with van der Waals surface area (Å²) in [6, 6.07) is 17.9. The first kappa shape index (κ1) is 24.4. The molecule has 3 aromatic rings. The predicted molar refractivity (Wildman–Crippen MR) is 138 cm³/mol. The van der Waals surface area contributed by atoms with Gasteiger partial charge in [-0.2, -0.15) is 0 Å². The smallest absolute Gasteiger partial charge is 0.442 e. The van der Waals surface area contributed by atoms with Crippen LogP contribution in [0.15, 0.2) is 54.6 Å². The summed E-state index contributed by atoms with van der Waals surface area (Å²) in [7, 11) is 0. The van der Waals surface area contributed by atoms with Gasteiger partial charge in [0.25, 0.3) is 0 Å². The van der Waals surface area contributed by atoms with Gasteiger partial charge in [-0.25, -0.2) is 9.59 Å². The zero-order valence-electron chi connectivity index (χ0n) is 21.0. The topological polar surface area (TPSA) is 98.3 Å². The second kappa shape index (κ2) is 10.4. The van der Waals surface area contributed by atoms with Gasteiger partial charge in [0.05, 0.1) is 12.1 Å². The highest BCUT2D eigenvalue weighted by atomic mass is 16.7. The van der Waals surface area contributed by atoms with E-state index in [0.717, 1.165) is 67.2 Å². The number of ether oxygens (including phenoxy) is 2. The molecule has 9 nitrogen and oxygen atoms in total. The molecule has 3 aliphatic heterocycles. The van der Waals surface area contributed by atoms with Crippen LogP contribution in [0.25, 0.3) is 10.9 Å². The van der Waals surface area contributed by atoms with Crippen LogP contribution in [0.4, 0.5) is 5.69 Å². The van der Waals surface area contributed by atoms with Gasteiger partial charge in [0.1, 0.15) is 11.4 Å². The maximum Gasteiger partial charge on any atom is 0.442 e. The summed E-state index contributed by atoms with van der Waals surface area (Å²) in [5.74, 6) is -1.89. The summed E-state index contributed by atoms with van der Waals surface area (Å²) < 4.78 is 11.0. The van der Waals surface area contributed by atoms with Gasteiger partial charge >= 0.3 is 17.8 Å². The van der Waals surface area contributed by atoms with Crippen molar-refractivity contribution < 1.29 is 28.7 Å². The number of amides is 1. The number of para-hydroxylation sites is 2. The van der Waals surface area contributed by atoms with Gasteiger partial charge in [-0.1, -0.05) is 36.4 Å². The molecule has 2 saturated heterocycles. The molecular formula is C29H29N3O6. The van der Waals surface area contributed by atoms with Gasteiger partial charge in [0.15, 0.2) is 6.10 Å². The first-order valence-electron chi connectivity index (χ1n) is 13.1. The number of carbonyl (C=O) groups excluding carboxylic acids is 3. The lowest BCUT2D eigenvalue weighted by molar-refractivity contribution is -0.166. The lowest BCUT2D eigenvalue weighted by Gasteiger charge is -2.32. The lowest BCUT2D eigenvalue weighted by atomic mass is 9.91. The average molecular weight is 516 g/mol. The van der Waals surface area contributed by atoms with Crippen LogP contribution in [-0.2, 0) is 36.8 Å². The number of likely N-dealkylation sites (tertiary alicyclic amines) is 1. The van der Waals surface area contributed by atoms with Gasteiger partial charge < -0.3 is 19.2 Å². The molecule has 0 radical (unpaired) electrons. The number of nitrogens with zero attached hydrogens (tertiary/aromatic N) is 3. The number of hydroxylamine groups is 1. The Morgan fingerprint density at radius 1 is 0.947 bits per heavy atom. The van der Waals surface area contributed by atoms with Gasteiger partial charge in [-0.05, 0) is 68.5 Å². The van der Waals surface area contributed by atoms with Crippen LogP contribution in [-0.4, -0.2) is 60.1 Å². The number of rotatable bonds is 7. The largest absolute Gasteiger partial charge is 0.491 e. The minimum Gasteiger partial charge on any atom is -0.491 e. The summed E-state index contributed by atoms with van der Waals surface area (Å²) in [4.78, 5) is 48.6. The Balaban J connectivity index is 0.995. The Morgan fingerprint density at radius 2 is 1.79 bits per heavy atom. The van der Waals surface area contributed by atoms with E-state index in [9.17, 15) is 14.4 Å². The molecule has 38 heavy (non-hydrogen) atoms. The molecule has 2 bridgehead atoms. The Hall–Kier alpha value is -3.98. The predicted octanol–water partition coefficient (Wildman–Crippen LogP) is 3.23. The standard InChI is InChI=1S/C29H29N3O6/c33-27-25-18-21-6-3-8-24(26(21)32(27)38-29(35)28(34)37-25)36-16-4-13-31-14-11-19(12-15-31)17-22-10-9-20-5-1-2-7-23(20)30-22/h1-3,5-10,19,25H,4,11-18H2. The van der Waals surface area contributed by atoms with E-state index in [2.05, 4.69) is 29.2 Å². The molecule has 2 aromatic carbocycles. The molecule has 2 fully saturated rings. The quantitative estimate of drug-likeness (QED) is 0.269. The van der Waals surface area contributed by atoms with Crippen LogP contribution in [0, 0.1) is 5.92 Å². The molecule has 0 spiro atoms. The first-order chi connectivity index (χ1) is 18.5. The fourth-order valence-corrected chi connectivity index (χ4v) is 5.49. The molecule has 196 valence electrons. The van der Waals surface area contributed by atoms with E-state index in [1.807, 2.05) is 18.2 Å². The van der Waals surface area contributed by atoms with Crippen LogP contribution in [0.3, 0.4) is 0 Å². The molecule has 1 amide bonds. The first-order valence-corrected chi connectivity index (χ1v) is 13.1. The third-order valence-electron chi connectivity index (χ3n) is 7.49. The Bertz CT molecular complexity index is 1380. The van der Waals surface area contributed by atoms with Crippen LogP contribution >= 0.6 is 0 Å². The monoisotopic (exact) mass is 515 g/mol. The van der Waals surface area contributed by atoms with Gasteiger partial charge in [-0.3, -0.25) is 9.78 Å². The van der Waals surface area contributed by atoms with E-state index in [1.54, 1.807) is 12.1 Å². The normalized spacial score (nSPS) is 20.1. The number of pyridine rings is 1. The molecule has 0 N–H and O–H groups in total. The van der Waals surface area contributed by atoms with Crippen LogP contribution in [0.5, 0.6) is 5.75 Å². The second-order valence-electron chi connectivity index (χ2n) is 10.1. The summed E-state index contributed by atoms with van der Waals surface area (Å²) in [6.45, 7) is 3.46. The molecule has 1 aromatic heterocycles. The fourth-order valence-electron chi connectivity index (χ4n) is 5.49. The van der Waals surface area contributed by atoms with Crippen molar-refractivity contribution >= 4 is 34.4 Å². The van der Waals surface area contributed by atoms with Crippen LogP contribution in [0.1, 0.15) is 30.5 Å². The number of piperidine rings is 1. The number of benzene rings is 2. The van der Waals surface area contributed by atoms with Crippen molar-refractivity contribution in [2.75, 3.05) is 31.3 Å². The molecular weight excluding hydrogens is 486 g/mol. The van der Waals surface area contributed by atoms with Crippen molar-refractivity contribution in [1.82, 2.24) is 9.88 Å². The SMILES string of the molecule is O=C1OC2Cc3cccc(OCCCN4CCC(Cc5ccc6ccccc6n5)CC4)c3N(OC1=O)C2=O. The van der Waals surface area contributed by atoms with Crippen molar-refractivity contribution in [1.29, 1.82) is 0 Å². The maximum atomic E-state index is 12.7. The molecule has 4 heterocycles. The number of hydrogen-bond acceptors (Lipinski definition) is 8. The molecule has 0 aliphatic carbocycles. The lowest BCUT2D eigenvalue weighted by Crippen LogP contribution is -2.43. The van der Waals surface area contributed by atoms with Crippen molar-refractivity contribution in [2.24, 2.45) is 5.92 Å². The third kappa shape index (κ3) is 4.93. The number of anilines is 1. The van der Waals surface area contributed by atoms with Crippen LogP contribution < -0.4 is 9.80 Å². The number of esters is 1. The van der Waals surface area contributed by atoms with E-state index in [4.69, 9.17) is 19.3 Å². The Labute approximate surface area is 220 Å².